The van der Waals surface area contributed by atoms with Crippen molar-refractivity contribution in [3.05, 3.63) is 95.3 Å². The Morgan fingerprint density at radius 2 is 1.57 bits per heavy atom. The molecule has 0 aromatic heterocycles. The predicted octanol–water partition coefficient (Wildman–Crippen LogP) is 4.94. The molecule has 7 heteroatoms. The van der Waals surface area contributed by atoms with Crippen LogP contribution in [0.1, 0.15) is 37.0 Å². The number of halogens is 1. The first-order valence-corrected chi connectivity index (χ1v) is 12.6. The van der Waals surface area contributed by atoms with E-state index in [2.05, 4.69) is 5.32 Å². The van der Waals surface area contributed by atoms with Gasteiger partial charge in [-0.05, 0) is 49.6 Å². The van der Waals surface area contributed by atoms with E-state index in [0.717, 1.165) is 11.1 Å². The number of nitrogens with one attached hydrogen (secondary N) is 1. The van der Waals surface area contributed by atoms with Crippen LogP contribution < -0.4 is 14.8 Å². The number of benzene rings is 3. The van der Waals surface area contributed by atoms with E-state index in [4.69, 9.17) is 9.47 Å². The summed E-state index contributed by atoms with van der Waals surface area (Å²) in [4.78, 5) is 28.1. The minimum absolute atomic E-state index is 0.0100. The fourth-order valence-corrected chi connectivity index (χ4v) is 4.18. The molecule has 0 fully saturated rings. The number of likely N-dealkylation sites (N-methyl/N-ethyl adjacent to an activating group) is 1. The smallest absolute Gasteiger partial charge is 0.242 e. The van der Waals surface area contributed by atoms with E-state index in [-0.39, 0.29) is 24.8 Å². The van der Waals surface area contributed by atoms with Crippen LogP contribution in [-0.2, 0) is 29.0 Å². The Labute approximate surface area is 218 Å². The largest absolute Gasteiger partial charge is 0.490 e. The Morgan fingerprint density at radius 1 is 0.892 bits per heavy atom. The molecule has 1 atom stereocenters. The quantitative estimate of drug-likeness (QED) is 0.357. The molecule has 1 N–H and O–H groups in total. The molecule has 2 amide bonds. The Balaban J connectivity index is 1.87. The minimum Gasteiger partial charge on any atom is -0.490 e. The van der Waals surface area contributed by atoms with Gasteiger partial charge < -0.3 is 19.7 Å². The third-order valence-electron chi connectivity index (χ3n) is 6.05. The summed E-state index contributed by atoms with van der Waals surface area (Å²) in [5.74, 6) is 0.337. The van der Waals surface area contributed by atoms with Crippen LogP contribution in [0.4, 0.5) is 4.39 Å². The molecule has 0 aliphatic carbocycles. The molecule has 0 aliphatic rings. The van der Waals surface area contributed by atoms with E-state index in [9.17, 15) is 14.0 Å². The standard InChI is InChI=1S/C30H35FN2O4/c1-4-36-27-17-15-23(20-28(27)37-5-2)16-18-29(34)33(21-24-13-9-10-14-25(24)31)26(30(35)32-3)19-22-11-7-6-8-12-22/h6-15,17,20,26H,4-5,16,18-19,21H2,1-3H3,(H,32,35). The van der Waals surface area contributed by atoms with Crippen molar-refractivity contribution < 1.29 is 23.5 Å². The van der Waals surface area contributed by atoms with Crippen LogP contribution in [0.15, 0.2) is 72.8 Å². The van der Waals surface area contributed by atoms with E-state index in [1.807, 2.05) is 62.4 Å². The summed E-state index contributed by atoms with van der Waals surface area (Å²) in [6, 6.07) is 20.7. The molecule has 0 bridgehead atoms. The number of nitrogens with zero attached hydrogens (tertiary/aromatic N) is 1. The first kappa shape index (κ1) is 27.7. The van der Waals surface area contributed by atoms with Crippen LogP contribution in [0.3, 0.4) is 0 Å². The predicted molar refractivity (Wildman–Crippen MR) is 142 cm³/mol. The van der Waals surface area contributed by atoms with Gasteiger partial charge in [0.05, 0.1) is 13.2 Å². The van der Waals surface area contributed by atoms with Crippen LogP contribution in [0, 0.1) is 5.82 Å². The highest BCUT2D eigenvalue weighted by atomic mass is 19.1. The van der Waals surface area contributed by atoms with Crippen molar-refractivity contribution >= 4 is 11.8 Å². The molecule has 6 nitrogen and oxygen atoms in total. The van der Waals surface area contributed by atoms with Gasteiger partial charge in [-0.1, -0.05) is 54.6 Å². The monoisotopic (exact) mass is 506 g/mol. The number of hydrogen-bond acceptors (Lipinski definition) is 4. The number of carbonyl (C=O) groups excluding carboxylic acids is 2. The summed E-state index contributed by atoms with van der Waals surface area (Å²) in [5, 5.41) is 2.68. The highest BCUT2D eigenvalue weighted by molar-refractivity contribution is 5.88. The molecule has 0 saturated carbocycles. The molecular weight excluding hydrogens is 471 g/mol. The van der Waals surface area contributed by atoms with Crippen LogP contribution in [0.2, 0.25) is 0 Å². The molecule has 1 unspecified atom stereocenters. The number of hydrogen-bond donors (Lipinski definition) is 1. The fourth-order valence-electron chi connectivity index (χ4n) is 4.18. The van der Waals surface area contributed by atoms with Crippen molar-refractivity contribution in [3.63, 3.8) is 0 Å². The van der Waals surface area contributed by atoms with Gasteiger partial charge in [-0.2, -0.15) is 0 Å². The molecule has 0 aliphatic heterocycles. The number of rotatable bonds is 13. The van der Waals surface area contributed by atoms with Crippen molar-refractivity contribution in [1.82, 2.24) is 10.2 Å². The van der Waals surface area contributed by atoms with E-state index in [1.54, 1.807) is 25.2 Å². The molecule has 3 rings (SSSR count). The first-order valence-electron chi connectivity index (χ1n) is 12.6. The zero-order chi connectivity index (χ0) is 26.6. The van der Waals surface area contributed by atoms with Gasteiger partial charge in [-0.25, -0.2) is 4.39 Å². The lowest BCUT2D eigenvalue weighted by Gasteiger charge is -2.31. The zero-order valence-electron chi connectivity index (χ0n) is 21.7. The molecule has 0 spiro atoms. The first-order chi connectivity index (χ1) is 18.0. The average Bonchev–Trinajstić information content (AvgIpc) is 2.92. The normalized spacial score (nSPS) is 11.5. The molecule has 196 valence electrons. The lowest BCUT2D eigenvalue weighted by Crippen LogP contribution is -2.49. The SMILES string of the molecule is CCOc1ccc(CCC(=O)N(Cc2ccccc2F)C(Cc2ccccc2)C(=O)NC)cc1OCC. The van der Waals surface area contributed by atoms with Crippen LogP contribution in [0.5, 0.6) is 11.5 Å². The molecule has 3 aromatic carbocycles. The second-order valence-electron chi connectivity index (χ2n) is 8.58. The summed E-state index contributed by atoms with van der Waals surface area (Å²) >= 11 is 0. The van der Waals surface area contributed by atoms with E-state index < -0.39 is 11.9 Å². The maximum Gasteiger partial charge on any atom is 0.242 e. The summed E-state index contributed by atoms with van der Waals surface area (Å²) < 4.78 is 25.9. The summed E-state index contributed by atoms with van der Waals surface area (Å²) in [6.45, 7) is 4.81. The van der Waals surface area contributed by atoms with Crippen molar-refractivity contribution in [2.75, 3.05) is 20.3 Å². The summed E-state index contributed by atoms with van der Waals surface area (Å²) in [5.41, 5.74) is 2.18. The van der Waals surface area contributed by atoms with Gasteiger partial charge in [0, 0.05) is 32.0 Å². The number of ether oxygens (including phenoxy) is 2. The van der Waals surface area contributed by atoms with Crippen molar-refractivity contribution in [2.45, 2.75) is 45.7 Å². The molecule has 0 heterocycles. The highest BCUT2D eigenvalue weighted by Crippen LogP contribution is 2.29. The second kappa shape index (κ2) is 14.0. The van der Waals surface area contributed by atoms with Gasteiger partial charge in [0.1, 0.15) is 11.9 Å². The summed E-state index contributed by atoms with van der Waals surface area (Å²) in [6.07, 6.45) is 0.902. The minimum atomic E-state index is -0.793. The molecule has 3 aromatic rings. The second-order valence-corrected chi connectivity index (χ2v) is 8.58. The fraction of sp³-hybridized carbons (Fsp3) is 0.333. The number of carbonyl (C=O) groups is 2. The van der Waals surface area contributed by atoms with Crippen LogP contribution in [0.25, 0.3) is 0 Å². The van der Waals surface area contributed by atoms with Gasteiger partial charge >= 0.3 is 0 Å². The Morgan fingerprint density at radius 3 is 2.24 bits per heavy atom. The molecular formula is C30H35FN2O4. The average molecular weight is 507 g/mol. The zero-order valence-corrected chi connectivity index (χ0v) is 21.7. The van der Waals surface area contributed by atoms with Gasteiger partial charge in [-0.15, -0.1) is 0 Å². The van der Waals surface area contributed by atoms with Crippen molar-refractivity contribution in [2.24, 2.45) is 0 Å². The number of aryl methyl sites for hydroxylation is 1. The van der Waals surface area contributed by atoms with Crippen molar-refractivity contribution in [3.8, 4) is 11.5 Å². The van der Waals surface area contributed by atoms with Gasteiger partial charge in [0.15, 0.2) is 11.5 Å². The lowest BCUT2D eigenvalue weighted by molar-refractivity contribution is -0.141. The molecule has 0 saturated heterocycles. The van der Waals surface area contributed by atoms with E-state index in [1.165, 1.54) is 11.0 Å². The van der Waals surface area contributed by atoms with Crippen LogP contribution >= 0.6 is 0 Å². The van der Waals surface area contributed by atoms with E-state index in [0.29, 0.717) is 43.1 Å². The summed E-state index contributed by atoms with van der Waals surface area (Å²) in [7, 11) is 1.54. The van der Waals surface area contributed by atoms with Gasteiger partial charge in [-0.3, -0.25) is 9.59 Å². The molecule has 37 heavy (non-hydrogen) atoms. The third-order valence-corrected chi connectivity index (χ3v) is 6.05. The maximum absolute atomic E-state index is 14.6. The topological polar surface area (TPSA) is 67.9 Å². The highest BCUT2D eigenvalue weighted by Gasteiger charge is 2.30. The van der Waals surface area contributed by atoms with Crippen LogP contribution in [-0.4, -0.2) is 43.0 Å². The van der Waals surface area contributed by atoms with Gasteiger partial charge in [0.2, 0.25) is 11.8 Å². The maximum atomic E-state index is 14.6. The molecule has 0 radical (unpaired) electrons. The Bertz CT molecular complexity index is 1170. The third kappa shape index (κ3) is 7.81. The number of amides is 2. The Kier molecular flexibility index (Phi) is 10.5. The van der Waals surface area contributed by atoms with Crippen molar-refractivity contribution in [1.29, 1.82) is 0 Å². The van der Waals surface area contributed by atoms with Gasteiger partial charge in [0.25, 0.3) is 0 Å². The lowest BCUT2D eigenvalue weighted by atomic mass is 10.0. The Hall–Kier alpha value is -3.87. The van der Waals surface area contributed by atoms with E-state index >= 15 is 0 Å².